The van der Waals surface area contributed by atoms with Gasteiger partial charge in [0.05, 0.1) is 0 Å². The fourth-order valence-electron chi connectivity index (χ4n) is 1.35. The maximum Gasteiger partial charge on any atom is 2.00 e. The SMILES string of the molecule is CCc1cc[c-]cc1.NC1C=CC[C-]=CC1.[U+2]. The topological polar surface area (TPSA) is 26.0 Å². The van der Waals surface area contributed by atoms with Crippen LogP contribution in [0.3, 0.4) is 0 Å². The minimum atomic E-state index is 0. The van der Waals surface area contributed by atoms with Crippen molar-refractivity contribution in [1.82, 2.24) is 0 Å². The zero-order chi connectivity index (χ0) is 11.6. The first-order valence-corrected chi connectivity index (χ1v) is 5.75. The summed E-state index contributed by atoms with van der Waals surface area (Å²) in [5.74, 6) is 0. The van der Waals surface area contributed by atoms with Crippen LogP contribution in [-0.2, 0) is 6.42 Å². The van der Waals surface area contributed by atoms with Crippen LogP contribution in [0.5, 0.6) is 0 Å². The molecule has 0 fully saturated rings. The molecule has 1 aliphatic rings. The number of hydrogen-bond acceptors (Lipinski definition) is 1. The van der Waals surface area contributed by atoms with Crippen molar-refractivity contribution < 1.29 is 31.1 Å². The molecule has 1 unspecified atom stereocenters. The molecular weight excluding hydrogens is 432 g/mol. The summed E-state index contributed by atoms with van der Waals surface area (Å²) in [7, 11) is 0. The molecular formula is C15H19NU. The summed E-state index contributed by atoms with van der Waals surface area (Å²) < 4.78 is 0. The summed E-state index contributed by atoms with van der Waals surface area (Å²) in [6, 6.07) is 11.2. The molecule has 1 aliphatic carbocycles. The zero-order valence-electron chi connectivity index (χ0n) is 10.3. The van der Waals surface area contributed by atoms with Crippen LogP contribution in [0.15, 0.2) is 42.5 Å². The van der Waals surface area contributed by atoms with Crippen molar-refractivity contribution in [3.8, 4) is 0 Å². The molecule has 17 heavy (non-hydrogen) atoms. The predicted molar refractivity (Wildman–Crippen MR) is 68.8 cm³/mol. The van der Waals surface area contributed by atoms with Crippen molar-refractivity contribution in [3.05, 3.63) is 60.2 Å². The van der Waals surface area contributed by atoms with Crippen LogP contribution in [0.4, 0.5) is 0 Å². The molecule has 0 saturated heterocycles. The van der Waals surface area contributed by atoms with Crippen molar-refractivity contribution in [3.63, 3.8) is 0 Å². The number of aryl methyl sites for hydroxylation is 1. The number of benzene rings is 1. The van der Waals surface area contributed by atoms with E-state index in [-0.39, 0.29) is 37.2 Å². The van der Waals surface area contributed by atoms with Gasteiger partial charge in [-0.2, -0.15) is 42.3 Å². The Labute approximate surface area is 129 Å². The van der Waals surface area contributed by atoms with E-state index in [9.17, 15) is 0 Å². The Morgan fingerprint density at radius 3 is 2.65 bits per heavy atom. The molecule has 0 radical (unpaired) electrons. The number of allylic oxidation sites excluding steroid dienone is 2. The van der Waals surface area contributed by atoms with Crippen molar-refractivity contribution in [2.75, 3.05) is 0 Å². The van der Waals surface area contributed by atoms with Gasteiger partial charge >= 0.3 is 31.1 Å². The molecule has 1 nitrogen and oxygen atoms in total. The van der Waals surface area contributed by atoms with Crippen LogP contribution in [0.25, 0.3) is 0 Å². The van der Waals surface area contributed by atoms with Crippen molar-refractivity contribution in [1.29, 1.82) is 0 Å². The van der Waals surface area contributed by atoms with E-state index in [4.69, 9.17) is 5.73 Å². The Morgan fingerprint density at radius 2 is 2.06 bits per heavy atom. The normalized spacial score (nSPS) is 17.4. The van der Waals surface area contributed by atoms with Crippen LogP contribution >= 0.6 is 0 Å². The first-order chi connectivity index (χ1) is 7.83. The van der Waals surface area contributed by atoms with Crippen molar-refractivity contribution >= 4 is 0 Å². The van der Waals surface area contributed by atoms with Gasteiger partial charge in [0.1, 0.15) is 0 Å². The van der Waals surface area contributed by atoms with Gasteiger partial charge in [-0.3, -0.25) is 6.08 Å². The van der Waals surface area contributed by atoms with E-state index < -0.39 is 0 Å². The Kier molecular flexibility index (Phi) is 10.7. The second kappa shape index (κ2) is 10.8. The number of hydrogen-bond donors (Lipinski definition) is 1. The van der Waals surface area contributed by atoms with Crippen LogP contribution < -0.4 is 5.73 Å². The average Bonchev–Trinajstić information content (AvgIpc) is 2.59. The second-order valence-corrected chi connectivity index (χ2v) is 3.70. The second-order valence-electron chi connectivity index (χ2n) is 3.70. The van der Waals surface area contributed by atoms with Gasteiger partial charge in [0.2, 0.25) is 0 Å². The van der Waals surface area contributed by atoms with Gasteiger partial charge in [-0.05, 0) is 6.42 Å². The molecule has 2 rings (SSSR count). The minimum Gasteiger partial charge on any atom is -0.497 e. The summed E-state index contributed by atoms with van der Waals surface area (Å²) in [6.07, 6.45) is 12.1. The molecule has 0 amide bonds. The van der Waals surface area contributed by atoms with E-state index in [0.29, 0.717) is 0 Å². The maximum atomic E-state index is 5.58. The minimum absolute atomic E-state index is 0. The molecule has 0 bridgehead atoms. The van der Waals surface area contributed by atoms with E-state index >= 15 is 0 Å². The molecule has 0 heterocycles. The van der Waals surface area contributed by atoms with Crippen LogP contribution in [0.1, 0.15) is 25.3 Å². The van der Waals surface area contributed by atoms with Gasteiger partial charge in [-0.25, -0.2) is 0 Å². The van der Waals surface area contributed by atoms with Gasteiger partial charge in [0, 0.05) is 6.04 Å². The summed E-state index contributed by atoms with van der Waals surface area (Å²) in [5.41, 5.74) is 6.96. The van der Waals surface area contributed by atoms with Crippen molar-refractivity contribution in [2.24, 2.45) is 5.73 Å². The first kappa shape index (κ1) is 16.7. The fourth-order valence-corrected chi connectivity index (χ4v) is 1.35. The number of rotatable bonds is 1. The third-order valence-electron chi connectivity index (χ3n) is 2.35. The summed E-state index contributed by atoms with van der Waals surface area (Å²) in [6.45, 7) is 2.15. The Bertz CT molecular complexity index is 330. The monoisotopic (exact) mass is 451 g/mol. The Hall–Kier alpha value is -0.288. The van der Waals surface area contributed by atoms with Crippen molar-refractivity contribution in [2.45, 2.75) is 32.2 Å². The molecule has 2 heteroatoms. The fraction of sp³-hybridized carbons (Fsp3) is 0.333. The molecule has 0 saturated carbocycles. The summed E-state index contributed by atoms with van der Waals surface area (Å²) in [4.78, 5) is 0. The van der Waals surface area contributed by atoms with E-state index in [1.54, 1.807) is 0 Å². The largest absolute Gasteiger partial charge is 2.00 e. The van der Waals surface area contributed by atoms with Gasteiger partial charge in [-0.15, -0.1) is 6.08 Å². The van der Waals surface area contributed by atoms with Gasteiger partial charge < -0.3 is 11.8 Å². The molecule has 0 spiro atoms. The molecule has 1 aromatic carbocycles. The van der Waals surface area contributed by atoms with Gasteiger partial charge in [0.15, 0.2) is 0 Å². The molecule has 2 N–H and O–H groups in total. The van der Waals surface area contributed by atoms with E-state index in [0.717, 1.165) is 19.3 Å². The zero-order valence-corrected chi connectivity index (χ0v) is 14.5. The smallest absolute Gasteiger partial charge is 0.497 e. The van der Waals surface area contributed by atoms with E-state index in [1.165, 1.54) is 5.56 Å². The van der Waals surface area contributed by atoms with Crippen LogP contribution in [0.2, 0.25) is 0 Å². The summed E-state index contributed by atoms with van der Waals surface area (Å²) >= 11 is 0. The Balaban J connectivity index is 0.000000284. The average molecular weight is 451 g/mol. The molecule has 1 atom stereocenters. The van der Waals surface area contributed by atoms with E-state index in [2.05, 4.69) is 31.2 Å². The molecule has 88 valence electrons. The van der Waals surface area contributed by atoms with Gasteiger partial charge in [-0.1, -0.05) is 19.4 Å². The predicted octanol–water partition coefficient (Wildman–Crippen LogP) is 3.07. The quantitative estimate of drug-likeness (QED) is 0.516. The molecule has 1 aromatic rings. The van der Waals surface area contributed by atoms with Crippen LogP contribution in [0, 0.1) is 43.3 Å². The molecule has 0 aromatic heterocycles. The molecule has 0 aliphatic heterocycles. The first-order valence-electron chi connectivity index (χ1n) is 5.75. The third-order valence-corrected chi connectivity index (χ3v) is 2.35. The maximum absolute atomic E-state index is 5.58. The van der Waals surface area contributed by atoms with Crippen LogP contribution in [-0.4, -0.2) is 6.04 Å². The third kappa shape index (κ3) is 8.44. The van der Waals surface area contributed by atoms with Gasteiger partial charge in [0.25, 0.3) is 0 Å². The summed E-state index contributed by atoms with van der Waals surface area (Å²) in [5, 5.41) is 0. The standard InChI is InChI=1S/C8H9.C7H10N.U/c1-2-8-6-4-3-5-7-8;8-7-5-3-1-2-4-6-7;/h4-7H,2H2,1H3;3-5,7H,1,6,8H2;/q2*-1;+2. The van der Waals surface area contributed by atoms with E-state index in [1.807, 2.05) is 30.4 Å². The number of nitrogens with two attached hydrogens (primary N) is 1. The Morgan fingerprint density at radius 1 is 1.35 bits per heavy atom.